The number of aryl methyl sites for hydroxylation is 2. The zero-order valence-electron chi connectivity index (χ0n) is 9.27. The van der Waals surface area contributed by atoms with Crippen LogP contribution in [0.15, 0.2) is 24.3 Å². The Labute approximate surface area is 89.2 Å². The van der Waals surface area contributed by atoms with Gasteiger partial charge in [0.1, 0.15) is 12.6 Å². The Balaban J connectivity index is 0.000000442. The Hall–Kier alpha value is -1.68. The number of hydrogen-bond acceptors (Lipinski definition) is 3. The van der Waals surface area contributed by atoms with Crippen LogP contribution in [0.3, 0.4) is 0 Å². The lowest BCUT2D eigenvalue weighted by Crippen LogP contribution is -1.89. The van der Waals surface area contributed by atoms with Gasteiger partial charge in [-0.2, -0.15) is 0 Å². The van der Waals surface area contributed by atoms with Gasteiger partial charge in [0.2, 0.25) is 0 Å². The maximum Gasteiger partial charge on any atom is 0.106 e. The molecule has 0 saturated carbocycles. The van der Waals surface area contributed by atoms with E-state index < -0.39 is 0 Å². The van der Waals surface area contributed by atoms with Crippen molar-refractivity contribution >= 4 is 17.8 Å². The summed E-state index contributed by atoms with van der Waals surface area (Å²) in [5, 5.41) is 7.00. The normalized spacial score (nSPS) is 8.53. The molecule has 0 saturated heterocycles. The molecule has 0 radical (unpaired) electrons. The van der Waals surface area contributed by atoms with Gasteiger partial charge in [0, 0.05) is 14.2 Å². The van der Waals surface area contributed by atoms with Crippen molar-refractivity contribution in [1.29, 1.82) is 0 Å². The van der Waals surface area contributed by atoms with Crippen LogP contribution >= 0.6 is 0 Å². The quantitative estimate of drug-likeness (QED) is 0.710. The smallest absolute Gasteiger partial charge is 0.106 e. The van der Waals surface area contributed by atoms with E-state index in [2.05, 4.69) is 15.6 Å². The number of rotatable bonds is 0. The van der Waals surface area contributed by atoms with Crippen LogP contribution in [-0.2, 0) is 11.8 Å². The van der Waals surface area contributed by atoms with Crippen LogP contribution in [0.1, 0.15) is 5.82 Å². The highest BCUT2D eigenvalue weighted by molar-refractivity contribution is 5.75. The van der Waals surface area contributed by atoms with Crippen LogP contribution in [0.25, 0.3) is 11.0 Å². The third-order valence-corrected chi connectivity index (χ3v) is 2.01. The van der Waals surface area contributed by atoms with E-state index in [9.17, 15) is 0 Å². The lowest BCUT2D eigenvalue weighted by Gasteiger charge is -1.93. The number of hydrogen-bond donors (Lipinski definition) is 1. The van der Waals surface area contributed by atoms with Gasteiger partial charge >= 0.3 is 0 Å². The van der Waals surface area contributed by atoms with Crippen molar-refractivity contribution in [2.45, 2.75) is 6.92 Å². The Morgan fingerprint density at radius 3 is 2.33 bits per heavy atom. The second-order valence-electron chi connectivity index (χ2n) is 2.71. The average molecular weight is 208 g/mol. The predicted molar refractivity (Wildman–Crippen MR) is 60.7 cm³/mol. The Kier molecular flexibility index (Phi) is 5.97. The van der Waals surface area contributed by atoms with Crippen molar-refractivity contribution in [2.75, 3.05) is 7.11 Å². The number of aromatic nitrogens is 2. The number of aliphatic hydroxyl groups excluding tert-OH is 1. The maximum atomic E-state index is 8.00. The molecule has 1 aromatic carbocycles. The third kappa shape index (κ3) is 2.89. The van der Waals surface area contributed by atoms with Gasteiger partial charge in [-0.25, -0.2) is 4.98 Å². The lowest BCUT2D eigenvalue weighted by molar-refractivity contribution is -0.0979. The van der Waals surface area contributed by atoms with Crippen LogP contribution in [0.5, 0.6) is 0 Å². The first kappa shape index (κ1) is 13.3. The van der Waals surface area contributed by atoms with Crippen LogP contribution in [0, 0.1) is 6.92 Å². The zero-order chi connectivity index (χ0) is 11.8. The molecule has 0 fully saturated rings. The number of fused-ring (bicyclic) bond motifs is 1. The number of para-hydroxylation sites is 2. The Morgan fingerprint density at radius 2 is 1.80 bits per heavy atom. The zero-order valence-corrected chi connectivity index (χ0v) is 9.27. The van der Waals surface area contributed by atoms with E-state index in [1.807, 2.05) is 39.0 Å². The summed E-state index contributed by atoms with van der Waals surface area (Å²) < 4.78 is 2.09. The highest BCUT2D eigenvalue weighted by Gasteiger charge is 2.00. The van der Waals surface area contributed by atoms with E-state index in [1.165, 1.54) is 5.52 Å². The Morgan fingerprint density at radius 1 is 1.27 bits per heavy atom. The van der Waals surface area contributed by atoms with Crippen molar-refractivity contribution in [2.24, 2.45) is 7.05 Å². The van der Waals surface area contributed by atoms with Gasteiger partial charge in [-0.1, -0.05) is 12.1 Å². The molecule has 0 aliphatic rings. The van der Waals surface area contributed by atoms with Gasteiger partial charge in [-0.3, -0.25) is 0 Å². The molecule has 0 amide bonds. The molecule has 4 heteroatoms. The molecule has 0 bridgehead atoms. The molecule has 15 heavy (non-hydrogen) atoms. The van der Waals surface area contributed by atoms with Crippen molar-refractivity contribution in [3.63, 3.8) is 0 Å². The molecule has 1 heterocycles. The topological polar surface area (TPSA) is 55.1 Å². The molecule has 4 nitrogen and oxygen atoms in total. The molecule has 0 unspecified atom stereocenters. The number of benzene rings is 1. The van der Waals surface area contributed by atoms with Crippen LogP contribution in [-0.4, -0.2) is 28.6 Å². The number of carbonyl (C=O) groups is 1. The first-order valence-corrected chi connectivity index (χ1v) is 4.40. The summed E-state index contributed by atoms with van der Waals surface area (Å²) in [6.45, 7) is 4.01. The number of imidazole rings is 1. The first-order chi connectivity index (χ1) is 7.29. The van der Waals surface area contributed by atoms with Gasteiger partial charge in [0.05, 0.1) is 11.0 Å². The largest absolute Gasteiger partial charge is 0.400 e. The Bertz CT molecular complexity index is 410. The van der Waals surface area contributed by atoms with Crippen LogP contribution in [0.2, 0.25) is 0 Å². The monoisotopic (exact) mass is 208 g/mol. The molecule has 1 aromatic heterocycles. The van der Waals surface area contributed by atoms with Crippen LogP contribution in [0.4, 0.5) is 0 Å². The summed E-state index contributed by atoms with van der Waals surface area (Å²) in [5.74, 6) is 1.06. The first-order valence-electron chi connectivity index (χ1n) is 4.40. The molecule has 0 aliphatic heterocycles. The summed E-state index contributed by atoms with van der Waals surface area (Å²) in [6, 6.07) is 8.15. The molecular formula is C11H16N2O2. The highest BCUT2D eigenvalue weighted by Crippen LogP contribution is 2.12. The summed E-state index contributed by atoms with van der Waals surface area (Å²) in [7, 11) is 3.03. The van der Waals surface area contributed by atoms with Crippen molar-refractivity contribution in [3.05, 3.63) is 30.1 Å². The van der Waals surface area contributed by atoms with E-state index in [0.717, 1.165) is 18.5 Å². The van der Waals surface area contributed by atoms with Gasteiger partial charge < -0.3 is 14.5 Å². The molecule has 0 atom stereocenters. The minimum absolute atomic E-state index is 1.00. The minimum atomic E-state index is 1.00. The van der Waals surface area contributed by atoms with Crippen molar-refractivity contribution < 1.29 is 9.90 Å². The van der Waals surface area contributed by atoms with E-state index in [-0.39, 0.29) is 0 Å². The number of aliphatic hydroxyl groups is 1. The van der Waals surface area contributed by atoms with Crippen molar-refractivity contribution in [1.82, 2.24) is 9.55 Å². The summed E-state index contributed by atoms with van der Waals surface area (Å²) in [4.78, 5) is 12.4. The molecule has 0 aliphatic carbocycles. The predicted octanol–water partition coefficient (Wildman–Crippen LogP) is 1.31. The van der Waals surface area contributed by atoms with Gasteiger partial charge in [0.25, 0.3) is 0 Å². The van der Waals surface area contributed by atoms with E-state index in [0.29, 0.717) is 0 Å². The minimum Gasteiger partial charge on any atom is -0.400 e. The fourth-order valence-electron chi connectivity index (χ4n) is 1.27. The number of nitrogens with zero attached hydrogens (tertiary/aromatic N) is 2. The fraction of sp³-hybridized carbons (Fsp3) is 0.273. The highest BCUT2D eigenvalue weighted by atomic mass is 16.2. The summed E-state index contributed by atoms with van der Waals surface area (Å²) >= 11 is 0. The molecule has 1 N–H and O–H groups in total. The number of carbonyl (C=O) groups excluding carboxylic acids is 1. The second-order valence-corrected chi connectivity index (χ2v) is 2.71. The van der Waals surface area contributed by atoms with Gasteiger partial charge in [-0.15, -0.1) is 0 Å². The molecular weight excluding hydrogens is 192 g/mol. The summed E-state index contributed by atoms with van der Waals surface area (Å²) in [6.07, 6.45) is 0. The maximum absolute atomic E-state index is 8.00. The van der Waals surface area contributed by atoms with Crippen molar-refractivity contribution in [3.8, 4) is 0 Å². The summed E-state index contributed by atoms with van der Waals surface area (Å²) in [5.41, 5.74) is 2.28. The molecule has 0 spiro atoms. The standard InChI is InChI=1S/C9H10N2.CH4O.CH2O/c1-7-10-8-5-3-4-6-9(8)11(7)2;2*1-2/h3-6H,1-2H3;2H,1H3;1H2. The molecule has 82 valence electrons. The fourth-order valence-corrected chi connectivity index (χ4v) is 1.27. The molecule has 2 aromatic rings. The van der Waals surface area contributed by atoms with Gasteiger partial charge in [-0.05, 0) is 19.1 Å². The van der Waals surface area contributed by atoms with E-state index in [4.69, 9.17) is 9.90 Å². The molecule has 2 rings (SSSR count). The SMILES string of the molecule is C=O.CO.Cc1nc2ccccc2n1C. The van der Waals surface area contributed by atoms with Gasteiger partial charge in [0.15, 0.2) is 0 Å². The van der Waals surface area contributed by atoms with E-state index >= 15 is 0 Å². The van der Waals surface area contributed by atoms with E-state index in [1.54, 1.807) is 0 Å². The van der Waals surface area contributed by atoms with Crippen LogP contribution < -0.4 is 0 Å². The average Bonchev–Trinajstić information content (AvgIpc) is 2.61. The lowest BCUT2D eigenvalue weighted by atomic mass is 10.3. The third-order valence-electron chi connectivity index (χ3n) is 2.01. The second kappa shape index (κ2) is 6.73.